The molecule has 0 bridgehead atoms. The van der Waals surface area contributed by atoms with Crippen molar-refractivity contribution in [2.75, 3.05) is 16.2 Å². The zero-order chi connectivity index (χ0) is 26.9. The predicted octanol–water partition coefficient (Wildman–Crippen LogP) is 4.61. The van der Waals surface area contributed by atoms with Gasteiger partial charge in [0.1, 0.15) is 0 Å². The standard InChI is InChI=1S/C29H24N8O2/c1-18-16-20-10-6-8-14-23(20)25(38)36(18)34-28-31-27(30-22-12-4-3-5-13-22)32-29(33-28)35-37-19(2)17-21-11-7-9-15-24(21)26(37)39/h3-17H,1-2H3,(H3,30,31,32,33,34,35). The van der Waals surface area contributed by atoms with Gasteiger partial charge in [-0.2, -0.15) is 15.0 Å². The summed E-state index contributed by atoms with van der Waals surface area (Å²) >= 11 is 0. The van der Waals surface area contributed by atoms with E-state index in [2.05, 4.69) is 31.1 Å². The van der Waals surface area contributed by atoms with Crippen molar-refractivity contribution in [2.24, 2.45) is 0 Å². The van der Waals surface area contributed by atoms with E-state index in [0.29, 0.717) is 22.2 Å². The Kier molecular flexibility index (Phi) is 5.96. The number of nitrogens with one attached hydrogen (secondary N) is 3. The second-order valence-electron chi connectivity index (χ2n) is 9.05. The minimum Gasteiger partial charge on any atom is -0.324 e. The zero-order valence-corrected chi connectivity index (χ0v) is 21.2. The number of anilines is 4. The number of fused-ring (bicyclic) bond motifs is 2. The summed E-state index contributed by atoms with van der Waals surface area (Å²) in [4.78, 5) is 40.0. The molecule has 0 saturated carbocycles. The van der Waals surface area contributed by atoms with Gasteiger partial charge in [-0.3, -0.25) is 20.4 Å². The molecule has 0 amide bonds. The van der Waals surface area contributed by atoms with Gasteiger partial charge in [0.05, 0.1) is 0 Å². The third kappa shape index (κ3) is 4.66. The highest BCUT2D eigenvalue weighted by molar-refractivity contribution is 5.82. The van der Waals surface area contributed by atoms with E-state index in [4.69, 9.17) is 0 Å². The molecule has 192 valence electrons. The lowest BCUT2D eigenvalue weighted by Gasteiger charge is -2.16. The van der Waals surface area contributed by atoms with E-state index < -0.39 is 0 Å². The average Bonchev–Trinajstić information content (AvgIpc) is 2.94. The van der Waals surface area contributed by atoms with Gasteiger partial charge in [0.15, 0.2) is 0 Å². The first-order valence-electron chi connectivity index (χ1n) is 12.3. The Bertz CT molecular complexity index is 1850. The highest BCUT2D eigenvalue weighted by Gasteiger charge is 2.13. The van der Waals surface area contributed by atoms with E-state index in [0.717, 1.165) is 16.5 Å². The molecule has 0 aliphatic carbocycles. The highest BCUT2D eigenvalue weighted by atomic mass is 16.1. The van der Waals surface area contributed by atoms with Crippen molar-refractivity contribution in [2.45, 2.75) is 13.8 Å². The Morgan fingerprint density at radius 1 is 0.564 bits per heavy atom. The number of benzene rings is 3. The number of aryl methyl sites for hydroxylation is 2. The number of pyridine rings is 2. The summed E-state index contributed by atoms with van der Waals surface area (Å²) in [6.07, 6.45) is 0. The maximum absolute atomic E-state index is 13.3. The Labute approximate surface area is 222 Å². The Balaban J connectivity index is 1.44. The molecule has 39 heavy (non-hydrogen) atoms. The van der Waals surface area contributed by atoms with Crippen LogP contribution in [0.3, 0.4) is 0 Å². The largest absolute Gasteiger partial charge is 0.324 e. The van der Waals surface area contributed by atoms with Crippen molar-refractivity contribution >= 4 is 45.1 Å². The second kappa shape index (κ2) is 9.75. The molecule has 6 aromatic rings. The van der Waals surface area contributed by atoms with Crippen molar-refractivity contribution in [1.82, 2.24) is 24.3 Å². The molecule has 0 aliphatic heterocycles. The minimum absolute atomic E-state index is 0.109. The van der Waals surface area contributed by atoms with Crippen LogP contribution in [0.5, 0.6) is 0 Å². The SMILES string of the molecule is Cc1cc2ccccc2c(=O)n1Nc1nc(Nc2ccccc2)nc(Nn2c(C)cc3ccccc3c2=O)n1. The fourth-order valence-corrected chi connectivity index (χ4v) is 4.44. The van der Waals surface area contributed by atoms with Crippen LogP contribution >= 0.6 is 0 Å². The lowest BCUT2D eigenvalue weighted by Crippen LogP contribution is -2.31. The van der Waals surface area contributed by atoms with Crippen LogP contribution in [0.15, 0.2) is 101 Å². The molecule has 3 aromatic carbocycles. The van der Waals surface area contributed by atoms with Gasteiger partial charge in [0.25, 0.3) is 11.1 Å². The first-order valence-corrected chi connectivity index (χ1v) is 12.3. The zero-order valence-electron chi connectivity index (χ0n) is 21.2. The summed E-state index contributed by atoms with van der Waals surface area (Å²) in [6.45, 7) is 3.64. The van der Waals surface area contributed by atoms with Crippen molar-refractivity contribution in [3.05, 3.63) is 123 Å². The third-order valence-corrected chi connectivity index (χ3v) is 6.31. The first-order chi connectivity index (χ1) is 19.0. The van der Waals surface area contributed by atoms with Crippen LogP contribution in [-0.2, 0) is 0 Å². The Morgan fingerprint density at radius 3 is 1.51 bits per heavy atom. The normalized spacial score (nSPS) is 11.0. The van der Waals surface area contributed by atoms with Crippen molar-refractivity contribution in [3.63, 3.8) is 0 Å². The van der Waals surface area contributed by atoms with Crippen molar-refractivity contribution in [1.29, 1.82) is 0 Å². The fourth-order valence-electron chi connectivity index (χ4n) is 4.44. The van der Waals surface area contributed by atoms with E-state index in [1.165, 1.54) is 9.35 Å². The molecular formula is C29H24N8O2. The van der Waals surface area contributed by atoms with Gasteiger partial charge in [-0.1, -0.05) is 54.6 Å². The monoisotopic (exact) mass is 516 g/mol. The van der Waals surface area contributed by atoms with Gasteiger partial charge in [0, 0.05) is 27.8 Å². The van der Waals surface area contributed by atoms with Crippen LogP contribution in [0, 0.1) is 13.8 Å². The molecule has 0 radical (unpaired) electrons. The maximum atomic E-state index is 13.3. The molecule has 0 aliphatic rings. The predicted molar refractivity (Wildman–Crippen MR) is 153 cm³/mol. The molecule has 3 heterocycles. The Morgan fingerprint density at radius 2 is 1.00 bits per heavy atom. The summed E-state index contributed by atoms with van der Waals surface area (Å²) in [5, 5.41) is 5.96. The summed E-state index contributed by atoms with van der Waals surface area (Å²) in [5.74, 6) is 0.440. The van der Waals surface area contributed by atoms with E-state index in [1.54, 1.807) is 12.1 Å². The molecule has 3 N–H and O–H groups in total. The number of para-hydroxylation sites is 1. The van der Waals surface area contributed by atoms with Gasteiger partial charge >= 0.3 is 0 Å². The summed E-state index contributed by atoms with van der Waals surface area (Å²) < 4.78 is 2.78. The molecule has 0 unspecified atom stereocenters. The molecule has 10 heteroatoms. The number of hydrogen-bond donors (Lipinski definition) is 3. The van der Waals surface area contributed by atoms with Crippen LogP contribution < -0.4 is 27.3 Å². The van der Waals surface area contributed by atoms with E-state index in [9.17, 15) is 9.59 Å². The minimum atomic E-state index is -0.236. The van der Waals surface area contributed by atoms with Gasteiger partial charge in [-0.05, 0) is 61.0 Å². The van der Waals surface area contributed by atoms with Gasteiger partial charge in [-0.15, -0.1) is 0 Å². The first kappa shape index (κ1) is 23.9. The van der Waals surface area contributed by atoms with Crippen LogP contribution in [0.1, 0.15) is 11.4 Å². The number of rotatable bonds is 6. The molecule has 10 nitrogen and oxygen atoms in total. The number of nitrogens with zero attached hydrogens (tertiary/aromatic N) is 5. The Hall–Kier alpha value is -5.51. The molecule has 3 aromatic heterocycles. The molecular weight excluding hydrogens is 492 g/mol. The quantitative estimate of drug-likeness (QED) is 0.294. The maximum Gasteiger partial charge on any atom is 0.277 e. The van der Waals surface area contributed by atoms with Gasteiger partial charge in [0.2, 0.25) is 17.8 Å². The van der Waals surface area contributed by atoms with E-state index in [1.807, 2.05) is 92.7 Å². The van der Waals surface area contributed by atoms with E-state index in [-0.39, 0.29) is 29.0 Å². The number of aromatic nitrogens is 5. The summed E-state index contributed by atoms with van der Waals surface area (Å²) in [5.41, 5.74) is 7.67. The summed E-state index contributed by atoms with van der Waals surface area (Å²) in [6, 6.07) is 28.0. The molecule has 0 spiro atoms. The molecule has 0 fully saturated rings. The fraction of sp³-hybridized carbons (Fsp3) is 0.0690. The van der Waals surface area contributed by atoms with Crippen LogP contribution in [0.4, 0.5) is 23.5 Å². The van der Waals surface area contributed by atoms with Crippen LogP contribution in [-0.4, -0.2) is 24.3 Å². The third-order valence-electron chi connectivity index (χ3n) is 6.31. The van der Waals surface area contributed by atoms with E-state index >= 15 is 0 Å². The summed E-state index contributed by atoms with van der Waals surface area (Å²) in [7, 11) is 0. The molecule has 0 saturated heterocycles. The average molecular weight is 517 g/mol. The van der Waals surface area contributed by atoms with Gasteiger partial charge in [-0.25, -0.2) is 9.35 Å². The van der Waals surface area contributed by atoms with Crippen LogP contribution in [0.25, 0.3) is 21.5 Å². The molecule has 6 rings (SSSR count). The second-order valence-corrected chi connectivity index (χ2v) is 9.05. The van der Waals surface area contributed by atoms with Crippen LogP contribution in [0.2, 0.25) is 0 Å². The van der Waals surface area contributed by atoms with Gasteiger partial charge < -0.3 is 5.32 Å². The lowest BCUT2D eigenvalue weighted by molar-refractivity contribution is 0.818. The highest BCUT2D eigenvalue weighted by Crippen LogP contribution is 2.18. The topological polar surface area (TPSA) is 119 Å². The number of hydrogen-bond acceptors (Lipinski definition) is 8. The molecule has 0 atom stereocenters. The smallest absolute Gasteiger partial charge is 0.277 e. The lowest BCUT2D eigenvalue weighted by atomic mass is 10.1. The van der Waals surface area contributed by atoms with Crippen molar-refractivity contribution in [3.8, 4) is 0 Å². The van der Waals surface area contributed by atoms with Crippen molar-refractivity contribution < 1.29 is 0 Å².